The van der Waals surface area contributed by atoms with Gasteiger partial charge in [-0.2, -0.15) is 0 Å². The molecule has 2 atom stereocenters. The molecule has 1 N–H and O–H groups in total. The molecule has 0 aliphatic carbocycles. The second-order valence-electron chi connectivity index (χ2n) is 5.97. The highest BCUT2D eigenvalue weighted by atomic mass is 16.5. The first-order valence-electron chi connectivity index (χ1n) is 8.06. The summed E-state index contributed by atoms with van der Waals surface area (Å²) in [5.41, 5.74) is 1.17. The van der Waals surface area contributed by atoms with Crippen molar-refractivity contribution in [1.82, 2.24) is 15.2 Å². The van der Waals surface area contributed by atoms with E-state index in [0.717, 1.165) is 45.6 Å². The molecule has 0 unspecified atom stereocenters. The third-order valence-electron chi connectivity index (χ3n) is 4.47. The van der Waals surface area contributed by atoms with Gasteiger partial charge in [-0.1, -0.05) is 0 Å². The molecule has 0 spiro atoms. The van der Waals surface area contributed by atoms with Crippen LogP contribution < -0.4 is 10.2 Å². The number of pyridine rings is 1. The lowest BCUT2D eigenvalue weighted by Crippen LogP contribution is -2.54. The number of anilines is 1. The topological polar surface area (TPSA) is 57.7 Å². The van der Waals surface area contributed by atoms with Gasteiger partial charge in [0.25, 0.3) is 0 Å². The molecule has 1 aromatic heterocycles. The van der Waals surface area contributed by atoms with Crippen LogP contribution in [0.4, 0.5) is 10.5 Å². The summed E-state index contributed by atoms with van der Waals surface area (Å²) in [6, 6.07) is 4.12. The summed E-state index contributed by atoms with van der Waals surface area (Å²) in [6.45, 7) is 6.03. The lowest BCUT2D eigenvalue weighted by molar-refractivity contribution is 0.0831. The molecule has 2 fully saturated rings. The van der Waals surface area contributed by atoms with Gasteiger partial charge in [0.2, 0.25) is 0 Å². The van der Waals surface area contributed by atoms with Gasteiger partial charge in [-0.05, 0) is 31.9 Å². The van der Waals surface area contributed by atoms with E-state index in [4.69, 9.17) is 4.74 Å². The molecule has 6 heteroatoms. The van der Waals surface area contributed by atoms with Crippen LogP contribution in [0.15, 0.2) is 24.5 Å². The van der Waals surface area contributed by atoms with Crippen LogP contribution in [0.3, 0.4) is 0 Å². The number of hydrogen-bond acceptors (Lipinski definition) is 4. The second-order valence-corrected chi connectivity index (χ2v) is 5.97. The van der Waals surface area contributed by atoms with Crippen molar-refractivity contribution in [2.45, 2.75) is 31.9 Å². The number of nitrogens with zero attached hydrogens (tertiary/aromatic N) is 3. The quantitative estimate of drug-likeness (QED) is 0.919. The minimum atomic E-state index is 0.0254. The fourth-order valence-corrected chi connectivity index (χ4v) is 3.10. The number of nitrogens with one attached hydrogen (secondary N) is 1. The maximum atomic E-state index is 12.3. The molecule has 2 aliphatic rings. The number of piperazine rings is 1. The van der Waals surface area contributed by atoms with Crippen molar-refractivity contribution < 1.29 is 9.53 Å². The number of ether oxygens (including phenoxy) is 1. The van der Waals surface area contributed by atoms with Crippen LogP contribution in [-0.4, -0.2) is 60.8 Å². The van der Waals surface area contributed by atoms with Gasteiger partial charge in [-0.25, -0.2) is 4.79 Å². The zero-order valence-corrected chi connectivity index (χ0v) is 13.1. The average molecular weight is 304 g/mol. The van der Waals surface area contributed by atoms with Crippen molar-refractivity contribution in [2.24, 2.45) is 0 Å². The molecule has 2 amide bonds. The molecule has 120 valence electrons. The van der Waals surface area contributed by atoms with E-state index in [1.54, 1.807) is 12.4 Å². The van der Waals surface area contributed by atoms with Gasteiger partial charge in [-0.3, -0.25) is 4.98 Å². The summed E-state index contributed by atoms with van der Waals surface area (Å²) in [5.74, 6) is 0. The van der Waals surface area contributed by atoms with Crippen molar-refractivity contribution in [2.75, 3.05) is 37.7 Å². The molecule has 6 nitrogen and oxygen atoms in total. The van der Waals surface area contributed by atoms with E-state index in [1.165, 1.54) is 5.69 Å². The van der Waals surface area contributed by atoms with E-state index in [0.29, 0.717) is 0 Å². The highest BCUT2D eigenvalue weighted by Crippen LogP contribution is 2.17. The summed E-state index contributed by atoms with van der Waals surface area (Å²) >= 11 is 0. The van der Waals surface area contributed by atoms with E-state index < -0.39 is 0 Å². The van der Waals surface area contributed by atoms with Crippen molar-refractivity contribution in [3.05, 3.63) is 24.5 Å². The number of urea groups is 1. The SMILES string of the molecule is C[C@H](NC(=O)N1CCN(c2ccncc2)CC1)[C@H]1CCCO1. The molecular weight excluding hydrogens is 280 g/mol. The zero-order valence-electron chi connectivity index (χ0n) is 13.1. The first-order chi connectivity index (χ1) is 10.7. The van der Waals surface area contributed by atoms with Crippen LogP contribution in [0.25, 0.3) is 0 Å². The second kappa shape index (κ2) is 6.96. The van der Waals surface area contributed by atoms with Crippen molar-refractivity contribution in [3.63, 3.8) is 0 Å². The number of hydrogen-bond donors (Lipinski definition) is 1. The predicted octanol–water partition coefficient (Wildman–Crippen LogP) is 1.48. The smallest absolute Gasteiger partial charge is 0.317 e. The zero-order chi connectivity index (χ0) is 15.4. The summed E-state index contributed by atoms with van der Waals surface area (Å²) in [7, 11) is 0. The van der Waals surface area contributed by atoms with E-state index in [9.17, 15) is 4.79 Å². The first kappa shape index (κ1) is 15.1. The van der Waals surface area contributed by atoms with Gasteiger partial charge in [0.15, 0.2) is 0 Å². The van der Waals surface area contributed by atoms with Gasteiger partial charge in [0.1, 0.15) is 0 Å². The normalized spacial score (nSPS) is 23.4. The third-order valence-corrected chi connectivity index (χ3v) is 4.47. The number of carbonyl (C=O) groups is 1. The van der Waals surface area contributed by atoms with E-state index in [1.807, 2.05) is 24.0 Å². The Kier molecular flexibility index (Phi) is 4.77. The molecule has 3 rings (SSSR count). The monoisotopic (exact) mass is 304 g/mol. The Labute approximate surface area is 131 Å². The largest absolute Gasteiger partial charge is 0.376 e. The van der Waals surface area contributed by atoms with E-state index >= 15 is 0 Å². The Morgan fingerprint density at radius 2 is 2.05 bits per heavy atom. The number of aromatic nitrogens is 1. The molecule has 2 saturated heterocycles. The molecule has 0 bridgehead atoms. The maximum Gasteiger partial charge on any atom is 0.317 e. The highest BCUT2D eigenvalue weighted by molar-refractivity contribution is 5.75. The Morgan fingerprint density at radius 3 is 2.68 bits per heavy atom. The standard InChI is InChI=1S/C16H24N4O2/c1-13(15-3-2-12-22-15)18-16(21)20-10-8-19(9-11-20)14-4-6-17-7-5-14/h4-7,13,15H,2-3,8-12H2,1H3,(H,18,21)/t13-,15+/m0/s1. The van der Waals surface area contributed by atoms with Crippen LogP contribution in [0.5, 0.6) is 0 Å². The summed E-state index contributed by atoms with van der Waals surface area (Å²) in [5, 5.41) is 3.08. The van der Waals surface area contributed by atoms with Crippen molar-refractivity contribution in [1.29, 1.82) is 0 Å². The Morgan fingerprint density at radius 1 is 1.32 bits per heavy atom. The average Bonchev–Trinajstić information content (AvgIpc) is 3.10. The van der Waals surface area contributed by atoms with Crippen LogP contribution in [0.1, 0.15) is 19.8 Å². The van der Waals surface area contributed by atoms with Gasteiger partial charge >= 0.3 is 6.03 Å². The summed E-state index contributed by atoms with van der Waals surface area (Å²) in [4.78, 5) is 20.6. The summed E-state index contributed by atoms with van der Waals surface area (Å²) in [6.07, 6.45) is 5.91. The molecule has 0 saturated carbocycles. The van der Waals surface area contributed by atoms with Crippen molar-refractivity contribution >= 4 is 11.7 Å². The number of rotatable bonds is 3. The molecule has 1 aromatic rings. The minimum absolute atomic E-state index is 0.0254. The Bertz CT molecular complexity index is 482. The van der Waals surface area contributed by atoms with Gasteiger partial charge in [0, 0.05) is 50.9 Å². The van der Waals surface area contributed by atoms with Crippen LogP contribution in [-0.2, 0) is 4.74 Å². The fraction of sp³-hybridized carbons (Fsp3) is 0.625. The molecule has 2 aliphatic heterocycles. The maximum absolute atomic E-state index is 12.3. The molecule has 22 heavy (non-hydrogen) atoms. The number of carbonyl (C=O) groups excluding carboxylic acids is 1. The third kappa shape index (κ3) is 3.50. The lowest BCUT2D eigenvalue weighted by Gasteiger charge is -2.36. The van der Waals surface area contributed by atoms with E-state index in [-0.39, 0.29) is 18.2 Å². The van der Waals surface area contributed by atoms with Crippen LogP contribution >= 0.6 is 0 Å². The Balaban J connectivity index is 1.47. The van der Waals surface area contributed by atoms with Crippen LogP contribution in [0.2, 0.25) is 0 Å². The Hall–Kier alpha value is -1.82. The van der Waals surface area contributed by atoms with Gasteiger partial charge in [0.05, 0.1) is 12.1 Å². The predicted molar refractivity (Wildman–Crippen MR) is 85.0 cm³/mol. The molecule has 3 heterocycles. The van der Waals surface area contributed by atoms with Crippen molar-refractivity contribution in [3.8, 4) is 0 Å². The fourth-order valence-electron chi connectivity index (χ4n) is 3.10. The number of amides is 2. The van der Waals surface area contributed by atoms with Crippen LogP contribution in [0, 0.1) is 0 Å². The first-order valence-corrected chi connectivity index (χ1v) is 8.06. The van der Waals surface area contributed by atoms with Gasteiger partial charge in [-0.15, -0.1) is 0 Å². The molecular formula is C16H24N4O2. The minimum Gasteiger partial charge on any atom is -0.376 e. The molecule has 0 aromatic carbocycles. The highest BCUT2D eigenvalue weighted by Gasteiger charge is 2.27. The van der Waals surface area contributed by atoms with E-state index in [2.05, 4.69) is 15.2 Å². The summed E-state index contributed by atoms with van der Waals surface area (Å²) < 4.78 is 5.63. The lowest BCUT2D eigenvalue weighted by atomic mass is 10.1. The molecule has 0 radical (unpaired) electrons. The van der Waals surface area contributed by atoms with Gasteiger partial charge < -0.3 is 19.9 Å².